The maximum absolute atomic E-state index is 12.9. The van der Waals surface area contributed by atoms with Crippen molar-refractivity contribution in [1.29, 1.82) is 0 Å². The van der Waals surface area contributed by atoms with Gasteiger partial charge in [-0.25, -0.2) is 4.39 Å². The molecule has 1 unspecified atom stereocenters. The van der Waals surface area contributed by atoms with E-state index < -0.39 is 0 Å². The van der Waals surface area contributed by atoms with Gasteiger partial charge in [-0.1, -0.05) is 12.1 Å². The Morgan fingerprint density at radius 2 is 2.14 bits per heavy atom. The van der Waals surface area contributed by atoms with Crippen molar-refractivity contribution in [3.8, 4) is 11.3 Å². The first kappa shape index (κ1) is 16.2. The summed E-state index contributed by atoms with van der Waals surface area (Å²) in [4.78, 5) is 11.5. The van der Waals surface area contributed by atoms with Crippen LogP contribution in [0.4, 0.5) is 4.39 Å². The zero-order valence-corrected chi connectivity index (χ0v) is 12.6. The molecule has 118 valence electrons. The summed E-state index contributed by atoms with van der Waals surface area (Å²) in [6.45, 7) is 4.09. The van der Waals surface area contributed by atoms with E-state index in [0.717, 1.165) is 12.0 Å². The van der Waals surface area contributed by atoms with Crippen molar-refractivity contribution < 1.29 is 18.4 Å². The molecular formula is C16H19FN2O3. The molecule has 0 saturated heterocycles. The smallest absolute Gasteiger partial charge is 0.246 e. The molecule has 0 fully saturated rings. The maximum atomic E-state index is 12.9. The summed E-state index contributed by atoms with van der Waals surface area (Å²) in [6.07, 6.45) is 0.871. The lowest BCUT2D eigenvalue weighted by atomic mass is 10.1. The quantitative estimate of drug-likeness (QED) is 0.854. The van der Waals surface area contributed by atoms with Gasteiger partial charge in [0.05, 0.1) is 6.61 Å². The minimum atomic E-state index is -0.306. The van der Waals surface area contributed by atoms with E-state index in [9.17, 15) is 9.18 Å². The first-order valence-corrected chi connectivity index (χ1v) is 7.17. The van der Waals surface area contributed by atoms with Crippen LogP contribution in [0.2, 0.25) is 0 Å². The van der Waals surface area contributed by atoms with Gasteiger partial charge >= 0.3 is 0 Å². The van der Waals surface area contributed by atoms with Crippen LogP contribution in [0.5, 0.6) is 0 Å². The van der Waals surface area contributed by atoms with Crippen LogP contribution in [0.1, 0.15) is 26.0 Å². The van der Waals surface area contributed by atoms with Gasteiger partial charge in [-0.3, -0.25) is 4.79 Å². The van der Waals surface area contributed by atoms with E-state index in [1.807, 2.05) is 13.8 Å². The molecule has 2 aromatic rings. The van der Waals surface area contributed by atoms with E-state index in [0.29, 0.717) is 11.5 Å². The third-order valence-electron chi connectivity index (χ3n) is 3.19. The molecule has 0 bridgehead atoms. The molecule has 1 aromatic carbocycles. The second kappa shape index (κ2) is 7.70. The predicted molar refractivity (Wildman–Crippen MR) is 79.4 cm³/mol. The van der Waals surface area contributed by atoms with Crippen molar-refractivity contribution in [3.05, 3.63) is 41.8 Å². The van der Waals surface area contributed by atoms with Gasteiger partial charge in [-0.15, -0.1) is 0 Å². The molecule has 1 aromatic heterocycles. The Balaban J connectivity index is 1.82. The average molecular weight is 306 g/mol. The molecule has 1 N–H and O–H groups in total. The second-order valence-corrected chi connectivity index (χ2v) is 5.06. The summed E-state index contributed by atoms with van der Waals surface area (Å²) in [6, 6.07) is 7.77. The highest BCUT2D eigenvalue weighted by Gasteiger charge is 2.09. The van der Waals surface area contributed by atoms with Crippen LogP contribution in [-0.2, 0) is 16.1 Å². The molecule has 2 rings (SSSR count). The van der Waals surface area contributed by atoms with Crippen LogP contribution in [0.15, 0.2) is 34.9 Å². The van der Waals surface area contributed by atoms with Crippen molar-refractivity contribution >= 4 is 5.91 Å². The average Bonchev–Trinajstić information content (AvgIpc) is 2.96. The lowest BCUT2D eigenvalue weighted by molar-refractivity contribution is -0.126. The molecule has 0 saturated carbocycles. The number of hydrogen-bond donors (Lipinski definition) is 1. The van der Waals surface area contributed by atoms with Gasteiger partial charge in [0, 0.05) is 17.7 Å². The Morgan fingerprint density at radius 1 is 1.41 bits per heavy atom. The van der Waals surface area contributed by atoms with E-state index >= 15 is 0 Å². The summed E-state index contributed by atoms with van der Waals surface area (Å²) in [5, 5.41) is 6.67. The van der Waals surface area contributed by atoms with Crippen molar-refractivity contribution in [3.63, 3.8) is 0 Å². The number of nitrogens with one attached hydrogen (secondary N) is 1. The first-order valence-electron chi connectivity index (χ1n) is 7.17. The zero-order chi connectivity index (χ0) is 15.9. The molecule has 0 aliphatic heterocycles. The highest BCUT2D eigenvalue weighted by atomic mass is 19.1. The van der Waals surface area contributed by atoms with Gasteiger partial charge in [0.25, 0.3) is 0 Å². The second-order valence-electron chi connectivity index (χ2n) is 5.06. The molecule has 0 radical (unpaired) electrons. The van der Waals surface area contributed by atoms with E-state index in [1.165, 1.54) is 12.1 Å². The summed E-state index contributed by atoms with van der Waals surface area (Å²) in [5.74, 6) is 0.0680. The third kappa shape index (κ3) is 4.66. The summed E-state index contributed by atoms with van der Waals surface area (Å²) in [5.41, 5.74) is 1.31. The van der Waals surface area contributed by atoms with Crippen LogP contribution >= 0.6 is 0 Å². The van der Waals surface area contributed by atoms with Gasteiger partial charge in [-0.05, 0) is 37.6 Å². The van der Waals surface area contributed by atoms with Gasteiger partial charge in [0.1, 0.15) is 18.1 Å². The molecule has 1 amide bonds. The van der Waals surface area contributed by atoms with Crippen LogP contribution < -0.4 is 5.32 Å². The monoisotopic (exact) mass is 306 g/mol. The van der Waals surface area contributed by atoms with Crippen molar-refractivity contribution in [2.45, 2.75) is 32.9 Å². The lowest BCUT2D eigenvalue weighted by Gasteiger charge is -2.10. The minimum absolute atomic E-state index is 0.0247. The van der Waals surface area contributed by atoms with Gasteiger partial charge in [-0.2, -0.15) is 0 Å². The fourth-order valence-corrected chi connectivity index (χ4v) is 1.80. The molecule has 0 aliphatic rings. The lowest BCUT2D eigenvalue weighted by Crippen LogP contribution is -2.34. The Bertz CT molecular complexity index is 610. The van der Waals surface area contributed by atoms with Crippen LogP contribution in [-0.4, -0.2) is 23.7 Å². The molecule has 1 atom stereocenters. The normalized spacial score (nSPS) is 12.1. The van der Waals surface area contributed by atoms with Gasteiger partial charge < -0.3 is 14.6 Å². The van der Waals surface area contributed by atoms with E-state index in [2.05, 4.69) is 10.5 Å². The molecule has 0 spiro atoms. The minimum Gasteiger partial charge on any atom is -0.365 e. The highest BCUT2D eigenvalue weighted by Crippen LogP contribution is 2.20. The number of ether oxygens (including phenoxy) is 1. The molecule has 0 aliphatic carbocycles. The molecule has 1 heterocycles. The number of carbonyl (C=O) groups is 1. The largest absolute Gasteiger partial charge is 0.365 e. The van der Waals surface area contributed by atoms with Crippen molar-refractivity contribution in [2.75, 3.05) is 6.61 Å². The SMILES string of the molecule is CCC(C)NC(=O)COCc1cc(-c2ccc(F)cc2)on1. The highest BCUT2D eigenvalue weighted by molar-refractivity contribution is 5.77. The number of nitrogens with zero attached hydrogens (tertiary/aromatic N) is 1. The fraction of sp³-hybridized carbons (Fsp3) is 0.375. The topological polar surface area (TPSA) is 64.4 Å². The number of amides is 1. The van der Waals surface area contributed by atoms with E-state index in [1.54, 1.807) is 18.2 Å². The van der Waals surface area contributed by atoms with Crippen molar-refractivity contribution in [2.24, 2.45) is 0 Å². The van der Waals surface area contributed by atoms with Crippen LogP contribution in [0.25, 0.3) is 11.3 Å². The number of aromatic nitrogens is 1. The maximum Gasteiger partial charge on any atom is 0.246 e. The van der Waals surface area contributed by atoms with Gasteiger partial charge in [0.2, 0.25) is 5.91 Å². The number of rotatable bonds is 7. The summed E-state index contributed by atoms with van der Waals surface area (Å²) in [7, 11) is 0. The Morgan fingerprint density at radius 3 is 2.82 bits per heavy atom. The Labute approximate surface area is 128 Å². The Hall–Kier alpha value is -2.21. The van der Waals surface area contributed by atoms with Crippen LogP contribution in [0.3, 0.4) is 0 Å². The molecular weight excluding hydrogens is 287 g/mol. The molecule has 6 heteroatoms. The number of halogens is 1. The predicted octanol–water partition coefficient (Wildman–Crippen LogP) is 2.91. The van der Waals surface area contributed by atoms with Crippen molar-refractivity contribution in [1.82, 2.24) is 10.5 Å². The van der Waals surface area contributed by atoms with Crippen LogP contribution in [0, 0.1) is 5.82 Å². The number of benzene rings is 1. The number of carbonyl (C=O) groups excluding carboxylic acids is 1. The summed E-state index contributed by atoms with van der Waals surface area (Å²) < 4.78 is 23.3. The third-order valence-corrected chi connectivity index (χ3v) is 3.19. The van der Waals surface area contributed by atoms with Gasteiger partial charge in [0.15, 0.2) is 5.76 Å². The summed E-state index contributed by atoms with van der Waals surface area (Å²) >= 11 is 0. The fourth-order valence-electron chi connectivity index (χ4n) is 1.80. The zero-order valence-electron chi connectivity index (χ0n) is 12.6. The number of hydrogen-bond acceptors (Lipinski definition) is 4. The molecule has 5 nitrogen and oxygen atoms in total. The standard InChI is InChI=1S/C16H19FN2O3/c1-3-11(2)18-16(20)10-21-9-14-8-15(22-19-14)12-4-6-13(17)7-5-12/h4-8,11H,3,9-10H2,1-2H3,(H,18,20). The van der Waals surface area contributed by atoms with E-state index in [-0.39, 0.29) is 31.0 Å². The molecule has 22 heavy (non-hydrogen) atoms. The first-order chi connectivity index (χ1) is 10.6. The Kier molecular flexibility index (Phi) is 5.66. The van der Waals surface area contributed by atoms with E-state index in [4.69, 9.17) is 9.26 Å².